The summed E-state index contributed by atoms with van der Waals surface area (Å²) in [6, 6.07) is 14.6. The van der Waals surface area contributed by atoms with Gasteiger partial charge in [-0.1, -0.05) is 23.5 Å². The predicted molar refractivity (Wildman–Crippen MR) is 113 cm³/mol. The number of ether oxygens (including phenoxy) is 1. The number of para-hydroxylation sites is 1. The quantitative estimate of drug-likeness (QED) is 0.386. The van der Waals surface area contributed by atoms with Crippen LogP contribution in [0, 0.1) is 0 Å². The third-order valence-corrected chi connectivity index (χ3v) is 4.85. The molecule has 1 heterocycles. The molecule has 0 saturated carbocycles. The average molecular weight is 402 g/mol. The Bertz CT molecular complexity index is 909. The molecule has 4 N–H and O–H groups in total. The number of hydrogen-bond acceptors (Lipinski definition) is 6. The van der Waals surface area contributed by atoms with E-state index in [1.807, 2.05) is 48.5 Å². The highest BCUT2D eigenvalue weighted by Gasteiger charge is 2.14. The molecule has 0 radical (unpaired) electrons. The summed E-state index contributed by atoms with van der Waals surface area (Å²) < 4.78 is 6.17. The minimum Gasteiger partial charge on any atom is -0.497 e. The molecule has 7 nitrogen and oxygen atoms in total. The van der Waals surface area contributed by atoms with Gasteiger partial charge in [-0.25, -0.2) is 4.98 Å². The van der Waals surface area contributed by atoms with E-state index >= 15 is 0 Å². The second kappa shape index (κ2) is 8.65. The molecule has 0 bridgehead atoms. The number of benzene rings is 2. The van der Waals surface area contributed by atoms with Crippen LogP contribution in [0.4, 0.5) is 10.8 Å². The lowest BCUT2D eigenvalue weighted by Crippen LogP contribution is -2.49. The largest absolute Gasteiger partial charge is 0.497 e. The smallest absolute Gasteiger partial charge is 0.260 e. The van der Waals surface area contributed by atoms with Gasteiger partial charge in [0.05, 0.1) is 17.3 Å². The summed E-state index contributed by atoms with van der Waals surface area (Å²) >= 11 is 6.68. The molecule has 9 heteroatoms. The van der Waals surface area contributed by atoms with Crippen molar-refractivity contribution in [3.05, 3.63) is 48.5 Å². The zero-order valence-corrected chi connectivity index (χ0v) is 16.4. The van der Waals surface area contributed by atoms with Crippen molar-refractivity contribution in [2.24, 2.45) is 0 Å². The number of carbonyl (C=O) groups excluding carboxylic acids is 1. The topological polar surface area (TPSA) is 87.3 Å². The molecule has 0 fully saturated rings. The van der Waals surface area contributed by atoms with Crippen LogP contribution >= 0.6 is 23.6 Å². The number of nitrogens with zero attached hydrogens (tertiary/aromatic N) is 1. The van der Waals surface area contributed by atoms with E-state index in [0.717, 1.165) is 21.7 Å². The number of anilines is 2. The predicted octanol–water partition coefficient (Wildman–Crippen LogP) is 3.12. The van der Waals surface area contributed by atoms with Gasteiger partial charge < -0.3 is 15.4 Å². The Hall–Kier alpha value is -2.91. The van der Waals surface area contributed by atoms with Crippen LogP contribution in [0.15, 0.2) is 48.5 Å². The minimum atomic E-state index is -0.484. The first kappa shape index (κ1) is 18.9. The second-order valence-corrected chi connectivity index (χ2v) is 7.09. The Balaban J connectivity index is 1.48. The average Bonchev–Trinajstić information content (AvgIpc) is 3.09. The van der Waals surface area contributed by atoms with Crippen LogP contribution in [0.3, 0.4) is 0 Å². The molecule has 1 aromatic heterocycles. The van der Waals surface area contributed by atoms with E-state index in [-0.39, 0.29) is 11.0 Å². The number of aromatic nitrogens is 1. The zero-order chi connectivity index (χ0) is 19.2. The van der Waals surface area contributed by atoms with Crippen molar-refractivity contribution in [3.63, 3.8) is 0 Å². The summed E-state index contributed by atoms with van der Waals surface area (Å²) in [5.41, 5.74) is 6.95. The maximum Gasteiger partial charge on any atom is 0.260 e. The van der Waals surface area contributed by atoms with Gasteiger partial charge in [-0.2, -0.15) is 0 Å². The molecule has 0 aliphatic rings. The van der Waals surface area contributed by atoms with Crippen molar-refractivity contribution >= 4 is 55.6 Å². The molecule has 0 saturated heterocycles. The van der Waals surface area contributed by atoms with Gasteiger partial charge in [0.25, 0.3) is 5.91 Å². The second-order valence-electron chi connectivity index (χ2n) is 5.65. The lowest BCUT2D eigenvalue weighted by atomic mass is 10.3. The van der Waals surface area contributed by atoms with Gasteiger partial charge in [0.1, 0.15) is 11.8 Å². The summed E-state index contributed by atoms with van der Waals surface area (Å²) in [5, 5.41) is 7.04. The molecule has 3 rings (SSSR count). The molecule has 2 aromatic carbocycles. The monoisotopic (exact) mass is 401 g/mol. The van der Waals surface area contributed by atoms with E-state index in [4.69, 9.17) is 17.0 Å². The Labute approximate surface area is 166 Å². The number of amides is 1. The third-order valence-electron chi connectivity index (χ3n) is 3.67. The van der Waals surface area contributed by atoms with Crippen molar-refractivity contribution in [3.8, 4) is 5.75 Å². The van der Waals surface area contributed by atoms with Gasteiger partial charge in [0.15, 0.2) is 10.2 Å². The van der Waals surface area contributed by atoms with Crippen LogP contribution in [0.1, 0.15) is 6.92 Å². The van der Waals surface area contributed by atoms with Crippen LogP contribution in [-0.4, -0.2) is 29.2 Å². The molecular weight excluding hydrogens is 382 g/mol. The first-order chi connectivity index (χ1) is 13.0. The van der Waals surface area contributed by atoms with E-state index < -0.39 is 6.04 Å². The van der Waals surface area contributed by atoms with Gasteiger partial charge in [-0.3, -0.25) is 15.6 Å². The fourth-order valence-corrected chi connectivity index (χ4v) is 3.37. The summed E-state index contributed by atoms with van der Waals surface area (Å²) in [7, 11) is 1.60. The number of fused-ring (bicyclic) bond motifs is 1. The zero-order valence-electron chi connectivity index (χ0n) is 14.8. The number of methoxy groups -OCH3 is 1. The molecular formula is C18H19N5O2S2. The third kappa shape index (κ3) is 5.05. The molecule has 27 heavy (non-hydrogen) atoms. The Morgan fingerprint density at radius 2 is 1.89 bits per heavy atom. The van der Waals surface area contributed by atoms with Gasteiger partial charge in [-0.15, -0.1) is 0 Å². The van der Waals surface area contributed by atoms with Gasteiger partial charge in [0, 0.05) is 5.69 Å². The lowest BCUT2D eigenvalue weighted by Gasteiger charge is -2.15. The number of thiocarbonyl (C=S) groups is 1. The molecule has 3 aromatic rings. The van der Waals surface area contributed by atoms with Crippen molar-refractivity contribution in [1.82, 2.24) is 15.8 Å². The van der Waals surface area contributed by atoms with E-state index in [1.165, 1.54) is 11.3 Å². The van der Waals surface area contributed by atoms with Crippen molar-refractivity contribution in [2.75, 3.05) is 17.7 Å². The maximum atomic E-state index is 12.2. The molecule has 0 unspecified atom stereocenters. The summed E-state index contributed by atoms with van der Waals surface area (Å²) in [6.45, 7) is 1.75. The fraction of sp³-hybridized carbons (Fsp3) is 0.167. The van der Waals surface area contributed by atoms with Gasteiger partial charge in [-0.05, 0) is 55.5 Å². The summed E-state index contributed by atoms with van der Waals surface area (Å²) in [4.78, 5) is 16.7. The number of hydrogen-bond donors (Lipinski definition) is 4. The van der Waals surface area contributed by atoms with E-state index in [0.29, 0.717) is 5.13 Å². The van der Waals surface area contributed by atoms with Crippen LogP contribution < -0.4 is 26.2 Å². The molecule has 140 valence electrons. The molecule has 1 atom stereocenters. The van der Waals surface area contributed by atoms with Crippen molar-refractivity contribution < 1.29 is 9.53 Å². The minimum absolute atomic E-state index is 0.256. The number of hydrazine groups is 1. The normalized spacial score (nSPS) is 11.5. The summed E-state index contributed by atoms with van der Waals surface area (Å²) in [6.07, 6.45) is 0. The highest BCUT2D eigenvalue weighted by atomic mass is 32.1. The Kier molecular flexibility index (Phi) is 6.05. The van der Waals surface area contributed by atoms with Crippen molar-refractivity contribution in [1.29, 1.82) is 0 Å². The molecule has 1 amide bonds. The number of nitrogens with one attached hydrogen (secondary N) is 4. The molecule has 0 aliphatic heterocycles. The SMILES string of the molecule is COc1ccc(NC(=S)NNC(=O)[C@@H](C)Nc2nc3ccccc3s2)cc1. The number of rotatable bonds is 5. The highest BCUT2D eigenvalue weighted by molar-refractivity contribution is 7.80. The Morgan fingerprint density at radius 3 is 2.59 bits per heavy atom. The maximum absolute atomic E-state index is 12.2. The van der Waals surface area contributed by atoms with Crippen molar-refractivity contribution in [2.45, 2.75) is 13.0 Å². The first-order valence-corrected chi connectivity index (χ1v) is 9.40. The van der Waals surface area contributed by atoms with Gasteiger partial charge in [0.2, 0.25) is 0 Å². The first-order valence-electron chi connectivity index (χ1n) is 8.18. The van der Waals surface area contributed by atoms with E-state index in [2.05, 4.69) is 26.5 Å². The molecule has 0 aliphatic carbocycles. The number of carbonyl (C=O) groups is 1. The number of thiazole rings is 1. The summed E-state index contributed by atoms with van der Waals surface area (Å²) in [5.74, 6) is 0.496. The van der Waals surface area contributed by atoms with Crippen LogP contribution in [0.25, 0.3) is 10.2 Å². The van der Waals surface area contributed by atoms with Crippen LogP contribution in [-0.2, 0) is 4.79 Å². The van der Waals surface area contributed by atoms with Crippen LogP contribution in [0.5, 0.6) is 5.75 Å². The van der Waals surface area contributed by atoms with E-state index in [9.17, 15) is 4.79 Å². The van der Waals surface area contributed by atoms with Gasteiger partial charge >= 0.3 is 0 Å². The van der Waals surface area contributed by atoms with E-state index in [1.54, 1.807) is 14.0 Å². The molecule has 0 spiro atoms. The Morgan fingerprint density at radius 1 is 1.15 bits per heavy atom. The lowest BCUT2D eigenvalue weighted by molar-refractivity contribution is -0.122. The fourth-order valence-electron chi connectivity index (χ4n) is 2.25. The highest BCUT2D eigenvalue weighted by Crippen LogP contribution is 2.25. The van der Waals surface area contributed by atoms with Crippen LogP contribution in [0.2, 0.25) is 0 Å². The standard InChI is InChI=1S/C18H19N5O2S2/c1-11(19-18-21-14-5-3-4-6-15(14)27-18)16(24)22-23-17(26)20-12-7-9-13(25-2)10-8-12/h3-11H,1-2H3,(H,19,21)(H,22,24)(H2,20,23,26)/t11-/m1/s1.